The minimum Gasteiger partial charge on any atom is -0.348 e. The molecule has 1 amide bonds. The maximum atomic E-state index is 12.4. The normalized spacial score (nSPS) is 12.3. The van der Waals surface area contributed by atoms with Crippen LogP contribution >= 0.6 is 23.2 Å². The zero-order valence-electron chi connectivity index (χ0n) is 13.4. The van der Waals surface area contributed by atoms with Gasteiger partial charge in [0.05, 0.1) is 27.1 Å². The van der Waals surface area contributed by atoms with Crippen molar-refractivity contribution in [2.24, 2.45) is 0 Å². The van der Waals surface area contributed by atoms with Crippen molar-refractivity contribution in [3.63, 3.8) is 0 Å². The number of nitrogens with zero attached hydrogens (tertiary/aromatic N) is 2. The summed E-state index contributed by atoms with van der Waals surface area (Å²) in [6, 6.07) is 13.0. The molecule has 0 fully saturated rings. The standard InChI is InChI=1S/C18H17Cl2N3O/c1-11(13-7-8-14(19)15(20)9-13)21-18(24)10-23-12(2)22-16-5-3-4-6-17(16)23/h3-9,11H,10H2,1-2H3,(H,21,24)/t11-/m1/s1. The lowest BCUT2D eigenvalue weighted by Crippen LogP contribution is -2.30. The first-order valence-electron chi connectivity index (χ1n) is 7.62. The molecule has 0 aliphatic carbocycles. The summed E-state index contributed by atoms with van der Waals surface area (Å²) in [4.78, 5) is 16.9. The first-order valence-corrected chi connectivity index (χ1v) is 8.37. The molecule has 0 aliphatic heterocycles. The lowest BCUT2D eigenvalue weighted by Gasteiger charge is -2.16. The number of nitrogens with one attached hydrogen (secondary N) is 1. The van der Waals surface area contributed by atoms with Crippen LogP contribution in [0.3, 0.4) is 0 Å². The fourth-order valence-corrected chi connectivity index (χ4v) is 3.00. The Morgan fingerprint density at radius 2 is 1.96 bits per heavy atom. The van der Waals surface area contributed by atoms with Gasteiger partial charge in [-0.25, -0.2) is 4.98 Å². The number of hydrogen-bond acceptors (Lipinski definition) is 2. The molecule has 0 radical (unpaired) electrons. The van der Waals surface area contributed by atoms with Crippen molar-refractivity contribution in [1.82, 2.24) is 14.9 Å². The lowest BCUT2D eigenvalue weighted by atomic mass is 10.1. The van der Waals surface area contributed by atoms with Crippen molar-refractivity contribution in [3.05, 3.63) is 63.9 Å². The zero-order valence-corrected chi connectivity index (χ0v) is 14.9. The van der Waals surface area contributed by atoms with Crippen LogP contribution in [0, 0.1) is 6.92 Å². The Bertz CT molecular complexity index is 904. The van der Waals surface area contributed by atoms with E-state index in [1.165, 1.54) is 0 Å². The van der Waals surface area contributed by atoms with Crippen molar-refractivity contribution < 1.29 is 4.79 Å². The van der Waals surface area contributed by atoms with E-state index in [-0.39, 0.29) is 18.5 Å². The van der Waals surface area contributed by atoms with Gasteiger partial charge >= 0.3 is 0 Å². The molecule has 0 aliphatic rings. The van der Waals surface area contributed by atoms with Crippen LogP contribution in [0.2, 0.25) is 10.0 Å². The number of fused-ring (bicyclic) bond motifs is 1. The molecular weight excluding hydrogens is 345 g/mol. The van der Waals surface area contributed by atoms with Crippen LogP contribution in [0.15, 0.2) is 42.5 Å². The Morgan fingerprint density at radius 3 is 2.71 bits per heavy atom. The summed E-state index contributed by atoms with van der Waals surface area (Å²) < 4.78 is 1.91. The van der Waals surface area contributed by atoms with Crippen LogP contribution in [0.1, 0.15) is 24.4 Å². The second kappa shape index (κ2) is 6.83. The van der Waals surface area contributed by atoms with E-state index in [1.54, 1.807) is 12.1 Å². The predicted octanol–water partition coefficient (Wildman–Crippen LogP) is 4.53. The van der Waals surface area contributed by atoms with E-state index < -0.39 is 0 Å². The Kier molecular flexibility index (Phi) is 4.78. The van der Waals surface area contributed by atoms with Gasteiger partial charge in [0.1, 0.15) is 12.4 Å². The first-order chi connectivity index (χ1) is 11.5. The minimum absolute atomic E-state index is 0.0835. The average molecular weight is 362 g/mol. The van der Waals surface area contributed by atoms with Crippen LogP contribution < -0.4 is 5.32 Å². The number of aromatic nitrogens is 2. The van der Waals surface area contributed by atoms with Crippen LogP contribution in [0.5, 0.6) is 0 Å². The molecular formula is C18H17Cl2N3O. The van der Waals surface area contributed by atoms with E-state index in [0.717, 1.165) is 22.4 Å². The van der Waals surface area contributed by atoms with Crippen molar-refractivity contribution in [3.8, 4) is 0 Å². The maximum absolute atomic E-state index is 12.4. The molecule has 1 atom stereocenters. The summed E-state index contributed by atoms with van der Waals surface area (Å²) in [7, 11) is 0. The zero-order chi connectivity index (χ0) is 17.3. The summed E-state index contributed by atoms with van der Waals surface area (Å²) in [6.45, 7) is 4.03. The molecule has 0 bridgehead atoms. The van der Waals surface area contributed by atoms with Crippen LogP contribution in [0.25, 0.3) is 11.0 Å². The van der Waals surface area contributed by atoms with Crippen molar-refractivity contribution in [2.45, 2.75) is 26.4 Å². The second-order valence-corrected chi connectivity index (χ2v) is 6.51. The van der Waals surface area contributed by atoms with Gasteiger partial charge in [-0.2, -0.15) is 0 Å². The molecule has 3 rings (SSSR count). The largest absolute Gasteiger partial charge is 0.348 e. The SMILES string of the molecule is Cc1nc2ccccc2n1CC(=O)N[C@H](C)c1ccc(Cl)c(Cl)c1. The summed E-state index contributed by atoms with van der Waals surface area (Å²) in [6.07, 6.45) is 0. The minimum atomic E-state index is -0.164. The van der Waals surface area contributed by atoms with Gasteiger partial charge in [-0.1, -0.05) is 41.4 Å². The van der Waals surface area contributed by atoms with Gasteiger partial charge in [0.15, 0.2) is 0 Å². The van der Waals surface area contributed by atoms with Crippen LogP contribution in [-0.4, -0.2) is 15.5 Å². The molecule has 0 saturated heterocycles. The molecule has 6 heteroatoms. The molecule has 3 aromatic rings. The molecule has 1 aromatic heterocycles. The maximum Gasteiger partial charge on any atom is 0.240 e. The summed E-state index contributed by atoms with van der Waals surface area (Å²) in [5, 5.41) is 3.96. The third kappa shape index (κ3) is 3.40. The highest BCUT2D eigenvalue weighted by Gasteiger charge is 2.14. The number of rotatable bonds is 4. The fourth-order valence-electron chi connectivity index (χ4n) is 2.69. The van der Waals surface area contributed by atoms with Gasteiger partial charge in [-0.05, 0) is 43.7 Å². The third-order valence-electron chi connectivity index (χ3n) is 3.97. The highest BCUT2D eigenvalue weighted by molar-refractivity contribution is 6.42. The highest BCUT2D eigenvalue weighted by atomic mass is 35.5. The number of benzene rings is 2. The molecule has 1 N–H and O–H groups in total. The van der Waals surface area contributed by atoms with E-state index in [4.69, 9.17) is 23.2 Å². The molecule has 0 unspecified atom stereocenters. The number of imidazole rings is 1. The van der Waals surface area contributed by atoms with E-state index in [1.807, 2.05) is 48.7 Å². The summed E-state index contributed by atoms with van der Waals surface area (Å²) in [5.41, 5.74) is 2.75. The quantitative estimate of drug-likeness (QED) is 0.741. The summed E-state index contributed by atoms with van der Waals surface area (Å²) >= 11 is 12.0. The van der Waals surface area contributed by atoms with Gasteiger partial charge in [-0.3, -0.25) is 4.79 Å². The fraction of sp³-hybridized carbons (Fsp3) is 0.222. The van der Waals surface area contributed by atoms with Gasteiger partial charge in [0.25, 0.3) is 0 Å². The molecule has 0 spiro atoms. The van der Waals surface area contributed by atoms with Crippen molar-refractivity contribution in [2.75, 3.05) is 0 Å². The van der Waals surface area contributed by atoms with E-state index in [2.05, 4.69) is 10.3 Å². The van der Waals surface area contributed by atoms with E-state index in [9.17, 15) is 4.79 Å². The van der Waals surface area contributed by atoms with Gasteiger partial charge in [-0.15, -0.1) is 0 Å². The lowest BCUT2D eigenvalue weighted by molar-refractivity contribution is -0.122. The number of carbonyl (C=O) groups excluding carboxylic acids is 1. The Balaban J connectivity index is 1.75. The molecule has 4 nitrogen and oxygen atoms in total. The molecule has 2 aromatic carbocycles. The molecule has 124 valence electrons. The summed E-state index contributed by atoms with van der Waals surface area (Å²) in [5.74, 6) is 0.730. The Labute approximate surface area is 150 Å². The monoisotopic (exact) mass is 361 g/mol. The molecule has 1 heterocycles. The predicted molar refractivity (Wildman–Crippen MR) is 97.5 cm³/mol. The molecule has 0 saturated carbocycles. The number of para-hydroxylation sites is 2. The number of carbonyl (C=O) groups is 1. The smallest absolute Gasteiger partial charge is 0.240 e. The number of halogens is 2. The van der Waals surface area contributed by atoms with Gasteiger partial charge < -0.3 is 9.88 Å². The molecule has 24 heavy (non-hydrogen) atoms. The number of hydrogen-bond donors (Lipinski definition) is 1. The Hall–Kier alpha value is -2.04. The van der Waals surface area contributed by atoms with Crippen molar-refractivity contribution >= 4 is 40.1 Å². The van der Waals surface area contributed by atoms with E-state index >= 15 is 0 Å². The number of aryl methyl sites for hydroxylation is 1. The van der Waals surface area contributed by atoms with Crippen LogP contribution in [-0.2, 0) is 11.3 Å². The Morgan fingerprint density at radius 1 is 1.21 bits per heavy atom. The second-order valence-electron chi connectivity index (χ2n) is 5.70. The van der Waals surface area contributed by atoms with E-state index in [0.29, 0.717) is 10.0 Å². The highest BCUT2D eigenvalue weighted by Crippen LogP contribution is 2.25. The first kappa shape index (κ1) is 16.8. The van der Waals surface area contributed by atoms with Crippen molar-refractivity contribution in [1.29, 1.82) is 0 Å². The number of amides is 1. The topological polar surface area (TPSA) is 46.9 Å². The average Bonchev–Trinajstić information content (AvgIpc) is 2.86. The third-order valence-corrected chi connectivity index (χ3v) is 4.71. The van der Waals surface area contributed by atoms with Crippen LogP contribution in [0.4, 0.5) is 0 Å². The van der Waals surface area contributed by atoms with Gasteiger partial charge in [0.2, 0.25) is 5.91 Å². The van der Waals surface area contributed by atoms with Gasteiger partial charge in [0, 0.05) is 0 Å².